The third-order valence-electron chi connectivity index (χ3n) is 5.70. The van der Waals surface area contributed by atoms with Gasteiger partial charge in [-0.05, 0) is 55.0 Å². The van der Waals surface area contributed by atoms with Crippen molar-refractivity contribution in [2.24, 2.45) is 0 Å². The van der Waals surface area contributed by atoms with E-state index in [2.05, 4.69) is 5.32 Å². The minimum atomic E-state index is -3.62. The molecule has 1 N–H and O–H groups in total. The van der Waals surface area contributed by atoms with E-state index in [1.807, 2.05) is 6.92 Å². The Hall–Kier alpha value is -2.46. The molecule has 4 rings (SSSR count). The summed E-state index contributed by atoms with van der Waals surface area (Å²) in [7, 11) is -2.04. The van der Waals surface area contributed by atoms with Crippen molar-refractivity contribution < 1.29 is 27.4 Å². The van der Waals surface area contributed by atoms with Crippen LogP contribution in [0.5, 0.6) is 5.75 Å². The van der Waals surface area contributed by atoms with Gasteiger partial charge in [-0.15, -0.1) is 0 Å². The number of hydrogen-bond acceptors (Lipinski definition) is 6. The van der Waals surface area contributed by atoms with Crippen LogP contribution in [0.15, 0.2) is 47.4 Å². The Morgan fingerprint density at radius 2 is 1.71 bits per heavy atom. The van der Waals surface area contributed by atoms with Crippen LogP contribution in [-0.2, 0) is 19.5 Å². The maximum Gasteiger partial charge on any atom is 0.255 e. The average Bonchev–Trinajstić information content (AvgIpc) is 3.22. The van der Waals surface area contributed by atoms with E-state index >= 15 is 0 Å². The second-order valence-electron chi connectivity index (χ2n) is 7.67. The Bertz CT molecular complexity index is 1050. The third-order valence-corrected chi connectivity index (χ3v) is 7.62. The standard InChI is InChI=1S/C22H26N2O6S/c1-16-15-17(3-8-20(16)28-2)21(25)23-18-4-6-19(7-5-18)31(26,27)24-11-9-22(10-12-24)29-13-14-30-22/h3-8,15H,9-14H2,1-2H3,(H,23,25). The molecule has 9 heteroatoms. The predicted molar refractivity (Wildman–Crippen MR) is 115 cm³/mol. The highest BCUT2D eigenvalue weighted by atomic mass is 32.2. The first kappa shape index (κ1) is 21.8. The summed E-state index contributed by atoms with van der Waals surface area (Å²) in [5.41, 5.74) is 1.87. The number of rotatable bonds is 5. The molecule has 0 unspecified atom stereocenters. The van der Waals surface area contributed by atoms with Gasteiger partial charge in [-0.2, -0.15) is 4.31 Å². The van der Waals surface area contributed by atoms with Crippen molar-refractivity contribution in [2.45, 2.75) is 30.4 Å². The highest BCUT2D eigenvalue weighted by molar-refractivity contribution is 7.89. The number of nitrogens with one attached hydrogen (secondary N) is 1. The number of methoxy groups -OCH3 is 1. The van der Waals surface area contributed by atoms with E-state index in [1.54, 1.807) is 37.4 Å². The quantitative estimate of drug-likeness (QED) is 0.759. The van der Waals surface area contributed by atoms with Crippen LogP contribution >= 0.6 is 0 Å². The molecule has 2 aromatic rings. The molecular weight excluding hydrogens is 420 g/mol. The Labute approximate surface area is 182 Å². The molecule has 1 spiro atoms. The van der Waals surface area contributed by atoms with Gasteiger partial charge in [0, 0.05) is 37.2 Å². The number of piperidine rings is 1. The van der Waals surface area contributed by atoms with Crippen molar-refractivity contribution in [1.29, 1.82) is 0 Å². The predicted octanol–water partition coefficient (Wildman–Crippen LogP) is 2.78. The fraction of sp³-hybridized carbons (Fsp3) is 0.409. The second-order valence-corrected chi connectivity index (χ2v) is 9.61. The number of amides is 1. The van der Waals surface area contributed by atoms with Crippen LogP contribution in [0.1, 0.15) is 28.8 Å². The van der Waals surface area contributed by atoms with Gasteiger partial charge >= 0.3 is 0 Å². The highest BCUT2D eigenvalue weighted by Gasteiger charge is 2.42. The summed E-state index contributed by atoms with van der Waals surface area (Å²) in [5.74, 6) is -0.194. The zero-order chi connectivity index (χ0) is 22.1. The lowest BCUT2D eigenvalue weighted by atomic mass is 10.1. The summed E-state index contributed by atoms with van der Waals surface area (Å²) < 4.78 is 44.0. The minimum absolute atomic E-state index is 0.190. The monoisotopic (exact) mass is 446 g/mol. The molecule has 31 heavy (non-hydrogen) atoms. The maximum absolute atomic E-state index is 13.0. The van der Waals surface area contributed by atoms with E-state index in [9.17, 15) is 13.2 Å². The molecule has 0 saturated carbocycles. The maximum atomic E-state index is 13.0. The molecule has 0 atom stereocenters. The van der Waals surface area contributed by atoms with E-state index in [1.165, 1.54) is 16.4 Å². The van der Waals surface area contributed by atoms with Crippen LogP contribution in [0.3, 0.4) is 0 Å². The minimum Gasteiger partial charge on any atom is -0.496 e. The van der Waals surface area contributed by atoms with Crippen LogP contribution in [0, 0.1) is 6.92 Å². The number of aryl methyl sites for hydroxylation is 1. The van der Waals surface area contributed by atoms with Crippen molar-refractivity contribution in [3.63, 3.8) is 0 Å². The molecule has 2 fully saturated rings. The summed E-state index contributed by atoms with van der Waals surface area (Å²) >= 11 is 0. The first-order chi connectivity index (χ1) is 14.8. The molecule has 2 aliphatic rings. The Balaban J connectivity index is 1.41. The average molecular weight is 447 g/mol. The molecule has 0 bridgehead atoms. The summed E-state index contributed by atoms with van der Waals surface area (Å²) in [6.07, 6.45) is 1.03. The Morgan fingerprint density at radius 1 is 1.06 bits per heavy atom. The van der Waals surface area contributed by atoms with Gasteiger partial charge in [0.1, 0.15) is 5.75 Å². The molecule has 0 aliphatic carbocycles. The van der Waals surface area contributed by atoms with Crippen molar-refractivity contribution in [3.05, 3.63) is 53.6 Å². The summed E-state index contributed by atoms with van der Waals surface area (Å²) in [4.78, 5) is 12.7. The normalized spacial score (nSPS) is 18.8. The van der Waals surface area contributed by atoms with E-state index in [0.29, 0.717) is 56.1 Å². The van der Waals surface area contributed by atoms with Gasteiger partial charge in [-0.25, -0.2) is 8.42 Å². The van der Waals surface area contributed by atoms with Gasteiger partial charge in [0.2, 0.25) is 10.0 Å². The zero-order valence-electron chi connectivity index (χ0n) is 17.6. The number of benzene rings is 2. The van der Waals surface area contributed by atoms with Crippen LogP contribution in [0.4, 0.5) is 5.69 Å². The molecule has 2 aromatic carbocycles. The molecule has 2 heterocycles. The lowest BCUT2D eigenvalue weighted by molar-refractivity contribution is -0.179. The largest absolute Gasteiger partial charge is 0.496 e. The number of carbonyl (C=O) groups excluding carboxylic acids is 1. The molecule has 8 nitrogen and oxygen atoms in total. The number of anilines is 1. The van der Waals surface area contributed by atoms with Gasteiger partial charge < -0.3 is 19.5 Å². The van der Waals surface area contributed by atoms with Gasteiger partial charge in [0.05, 0.1) is 25.2 Å². The Kier molecular flexibility index (Phi) is 6.02. The first-order valence-electron chi connectivity index (χ1n) is 10.2. The third kappa shape index (κ3) is 4.45. The molecule has 0 radical (unpaired) electrons. The number of nitrogens with zero attached hydrogens (tertiary/aromatic N) is 1. The highest BCUT2D eigenvalue weighted by Crippen LogP contribution is 2.33. The number of hydrogen-bond donors (Lipinski definition) is 1. The molecule has 2 aliphatic heterocycles. The Morgan fingerprint density at radius 3 is 2.29 bits per heavy atom. The molecule has 1 amide bonds. The fourth-order valence-corrected chi connectivity index (χ4v) is 5.38. The van der Waals surface area contributed by atoms with Gasteiger partial charge in [-0.1, -0.05) is 0 Å². The number of carbonyl (C=O) groups is 1. The van der Waals surface area contributed by atoms with Crippen molar-refractivity contribution in [3.8, 4) is 5.75 Å². The van der Waals surface area contributed by atoms with Gasteiger partial charge in [0.25, 0.3) is 5.91 Å². The molecule has 2 saturated heterocycles. The van der Waals surface area contributed by atoms with Gasteiger partial charge in [0.15, 0.2) is 5.79 Å². The SMILES string of the molecule is COc1ccc(C(=O)Nc2ccc(S(=O)(=O)N3CCC4(CC3)OCCO4)cc2)cc1C. The summed E-state index contributed by atoms with van der Waals surface area (Å²) in [6.45, 7) is 3.66. The smallest absolute Gasteiger partial charge is 0.255 e. The summed E-state index contributed by atoms with van der Waals surface area (Å²) in [5, 5.41) is 2.79. The molecule has 166 valence electrons. The lowest BCUT2D eigenvalue weighted by Crippen LogP contribution is -2.47. The first-order valence-corrected chi connectivity index (χ1v) is 11.6. The van der Waals surface area contributed by atoms with Crippen LogP contribution in [0.2, 0.25) is 0 Å². The topological polar surface area (TPSA) is 94.2 Å². The molecule has 0 aromatic heterocycles. The van der Waals surface area contributed by atoms with Crippen molar-refractivity contribution in [1.82, 2.24) is 4.31 Å². The molecular formula is C22H26N2O6S. The summed E-state index contributed by atoms with van der Waals surface area (Å²) in [6, 6.07) is 11.4. The fourth-order valence-electron chi connectivity index (χ4n) is 3.94. The lowest BCUT2D eigenvalue weighted by Gasteiger charge is -2.36. The second kappa shape index (κ2) is 8.58. The van der Waals surface area contributed by atoms with Crippen molar-refractivity contribution in [2.75, 3.05) is 38.7 Å². The van der Waals surface area contributed by atoms with E-state index in [-0.39, 0.29) is 10.8 Å². The number of ether oxygens (including phenoxy) is 3. The van der Waals surface area contributed by atoms with E-state index < -0.39 is 15.8 Å². The number of sulfonamides is 1. The van der Waals surface area contributed by atoms with Crippen LogP contribution in [0.25, 0.3) is 0 Å². The van der Waals surface area contributed by atoms with Crippen LogP contribution in [-0.4, -0.2) is 57.8 Å². The van der Waals surface area contributed by atoms with E-state index in [0.717, 1.165) is 5.56 Å². The van der Waals surface area contributed by atoms with E-state index in [4.69, 9.17) is 14.2 Å². The van der Waals surface area contributed by atoms with Crippen molar-refractivity contribution >= 4 is 21.6 Å². The van der Waals surface area contributed by atoms with Gasteiger partial charge in [-0.3, -0.25) is 4.79 Å². The zero-order valence-corrected chi connectivity index (χ0v) is 18.4. The van der Waals surface area contributed by atoms with Crippen LogP contribution < -0.4 is 10.1 Å².